The van der Waals surface area contributed by atoms with Gasteiger partial charge in [-0.3, -0.25) is 4.79 Å². The number of ether oxygens (including phenoxy) is 1. The van der Waals surface area contributed by atoms with Crippen molar-refractivity contribution in [1.82, 2.24) is 5.32 Å². The second-order valence-electron chi connectivity index (χ2n) is 8.65. The molecule has 5 rings (SSSR count). The van der Waals surface area contributed by atoms with Crippen LogP contribution in [0.5, 0.6) is 0 Å². The summed E-state index contributed by atoms with van der Waals surface area (Å²) in [5.74, 6) is 1.21. The quantitative estimate of drug-likeness (QED) is 0.816. The molecular formula is C21H26FNO3. The van der Waals surface area contributed by atoms with Crippen LogP contribution in [0.1, 0.15) is 55.8 Å². The average molecular weight is 359 g/mol. The van der Waals surface area contributed by atoms with Crippen LogP contribution in [0.2, 0.25) is 0 Å². The van der Waals surface area contributed by atoms with Gasteiger partial charge in [-0.25, -0.2) is 9.18 Å². The third kappa shape index (κ3) is 3.36. The second-order valence-corrected chi connectivity index (χ2v) is 8.65. The zero-order valence-electron chi connectivity index (χ0n) is 15.2. The molecule has 4 fully saturated rings. The molecule has 1 N–H and O–H groups in total. The van der Waals surface area contributed by atoms with Gasteiger partial charge in [-0.05, 0) is 92.9 Å². The Balaban J connectivity index is 1.31. The topological polar surface area (TPSA) is 55.4 Å². The van der Waals surface area contributed by atoms with E-state index >= 15 is 0 Å². The normalized spacial score (nSPS) is 32.9. The summed E-state index contributed by atoms with van der Waals surface area (Å²) in [6, 6.07) is 5.21. The summed E-state index contributed by atoms with van der Waals surface area (Å²) in [5, 5.41) is 3.08. The van der Waals surface area contributed by atoms with Crippen LogP contribution in [0, 0.1) is 29.0 Å². The predicted octanol–water partition coefficient (Wildman–Crippen LogP) is 3.70. The molecule has 140 valence electrons. The zero-order chi connectivity index (χ0) is 18.3. The van der Waals surface area contributed by atoms with Crippen molar-refractivity contribution in [2.75, 3.05) is 6.61 Å². The number of carbonyl (C=O) groups excluding carboxylic acids is 2. The van der Waals surface area contributed by atoms with Gasteiger partial charge >= 0.3 is 5.97 Å². The molecule has 1 amide bonds. The molecule has 1 aromatic carbocycles. The lowest BCUT2D eigenvalue weighted by molar-refractivity contribution is -0.128. The van der Waals surface area contributed by atoms with Crippen LogP contribution in [0.4, 0.5) is 4.39 Å². The molecule has 0 radical (unpaired) electrons. The highest BCUT2D eigenvalue weighted by molar-refractivity contribution is 5.91. The molecule has 1 aromatic rings. The van der Waals surface area contributed by atoms with Gasteiger partial charge in [0.2, 0.25) is 0 Å². The smallest absolute Gasteiger partial charge is 0.338 e. The number of amides is 1. The number of hydrogen-bond donors (Lipinski definition) is 1. The van der Waals surface area contributed by atoms with Crippen molar-refractivity contribution in [3.63, 3.8) is 0 Å². The number of carbonyl (C=O) groups is 2. The third-order valence-corrected chi connectivity index (χ3v) is 6.80. The van der Waals surface area contributed by atoms with E-state index in [1.165, 1.54) is 62.8 Å². The van der Waals surface area contributed by atoms with E-state index in [-0.39, 0.29) is 29.5 Å². The largest absolute Gasteiger partial charge is 0.452 e. The first-order valence-corrected chi connectivity index (χ1v) is 9.65. The Labute approximate surface area is 153 Å². The van der Waals surface area contributed by atoms with Crippen LogP contribution >= 0.6 is 0 Å². The third-order valence-electron chi connectivity index (χ3n) is 6.80. The molecule has 0 aliphatic heterocycles. The average Bonchev–Trinajstić information content (AvgIpc) is 2.59. The van der Waals surface area contributed by atoms with Crippen molar-refractivity contribution in [2.45, 2.75) is 51.5 Å². The van der Waals surface area contributed by atoms with E-state index in [1.54, 1.807) is 0 Å². The van der Waals surface area contributed by atoms with E-state index in [2.05, 4.69) is 12.2 Å². The molecule has 26 heavy (non-hydrogen) atoms. The van der Waals surface area contributed by atoms with Crippen molar-refractivity contribution < 1.29 is 18.7 Å². The Morgan fingerprint density at radius 2 is 1.65 bits per heavy atom. The molecule has 0 heterocycles. The molecule has 4 aliphatic carbocycles. The summed E-state index contributed by atoms with van der Waals surface area (Å²) in [5.41, 5.74) is 0.471. The number of esters is 1. The maximum absolute atomic E-state index is 12.9. The van der Waals surface area contributed by atoms with Gasteiger partial charge in [0.05, 0.1) is 5.56 Å². The number of halogens is 1. The highest BCUT2D eigenvalue weighted by Gasteiger charge is 2.53. The highest BCUT2D eigenvalue weighted by Crippen LogP contribution is 2.61. The summed E-state index contributed by atoms with van der Waals surface area (Å²) in [6.45, 7) is 1.81. The fourth-order valence-electron chi connectivity index (χ4n) is 5.94. The summed E-state index contributed by atoms with van der Waals surface area (Å²) in [6.07, 6.45) is 7.76. The summed E-state index contributed by atoms with van der Waals surface area (Å²) < 4.78 is 18.0. The fourth-order valence-corrected chi connectivity index (χ4v) is 5.94. The predicted molar refractivity (Wildman–Crippen MR) is 94.9 cm³/mol. The molecule has 4 aliphatic rings. The van der Waals surface area contributed by atoms with Crippen LogP contribution in [-0.2, 0) is 9.53 Å². The minimum atomic E-state index is -0.609. The van der Waals surface area contributed by atoms with E-state index in [0.29, 0.717) is 0 Å². The van der Waals surface area contributed by atoms with E-state index < -0.39 is 11.8 Å². The fraction of sp³-hybridized carbons (Fsp3) is 0.619. The van der Waals surface area contributed by atoms with Gasteiger partial charge in [0.25, 0.3) is 5.91 Å². The first-order chi connectivity index (χ1) is 12.4. The molecule has 4 saturated carbocycles. The minimum absolute atomic E-state index is 0.105. The lowest BCUT2D eigenvalue weighted by Gasteiger charge is -2.59. The van der Waals surface area contributed by atoms with Crippen LogP contribution in [-0.4, -0.2) is 24.5 Å². The van der Waals surface area contributed by atoms with Gasteiger partial charge in [-0.1, -0.05) is 0 Å². The Bertz CT molecular complexity index is 664. The maximum atomic E-state index is 12.9. The Morgan fingerprint density at radius 3 is 2.19 bits per heavy atom. The van der Waals surface area contributed by atoms with Crippen molar-refractivity contribution in [2.24, 2.45) is 23.2 Å². The molecule has 4 nitrogen and oxygen atoms in total. The van der Waals surface area contributed by atoms with Crippen molar-refractivity contribution >= 4 is 11.9 Å². The summed E-state index contributed by atoms with van der Waals surface area (Å²) in [4.78, 5) is 24.2. The lowest BCUT2D eigenvalue weighted by Crippen LogP contribution is -2.56. The summed E-state index contributed by atoms with van der Waals surface area (Å²) >= 11 is 0. The van der Waals surface area contributed by atoms with E-state index in [4.69, 9.17) is 4.74 Å². The Kier molecular flexibility index (Phi) is 4.49. The molecular weight excluding hydrogens is 333 g/mol. The van der Waals surface area contributed by atoms with Crippen molar-refractivity contribution in [3.8, 4) is 0 Å². The number of rotatable bonds is 5. The van der Waals surface area contributed by atoms with E-state index in [0.717, 1.165) is 17.8 Å². The van der Waals surface area contributed by atoms with Gasteiger partial charge in [-0.15, -0.1) is 0 Å². The molecule has 0 saturated heterocycles. The monoisotopic (exact) mass is 359 g/mol. The van der Waals surface area contributed by atoms with Crippen molar-refractivity contribution in [3.05, 3.63) is 35.6 Å². The molecule has 0 aromatic heterocycles. The summed E-state index contributed by atoms with van der Waals surface area (Å²) in [7, 11) is 0. The molecule has 0 spiro atoms. The standard InChI is InChI=1S/C21H26FNO3/c1-13(21-9-14-6-15(10-21)8-16(7-14)11-21)23-19(24)12-26-20(25)17-2-4-18(22)5-3-17/h2-5,13-16H,6-12H2,1H3,(H,23,24)/t13-,14?,15?,16?,21?/m0/s1. The van der Waals surface area contributed by atoms with Crippen LogP contribution in [0.25, 0.3) is 0 Å². The van der Waals surface area contributed by atoms with Gasteiger partial charge in [-0.2, -0.15) is 0 Å². The SMILES string of the molecule is C[C@H](NC(=O)COC(=O)c1ccc(F)cc1)C12CC3CC(CC(C3)C1)C2. The zero-order valence-corrected chi connectivity index (χ0v) is 15.2. The second kappa shape index (κ2) is 6.67. The number of benzene rings is 1. The van der Waals surface area contributed by atoms with Gasteiger partial charge < -0.3 is 10.1 Å². The van der Waals surface area contributed by atoms with Crippen LogP contribution in [0.15, 0.2) is 24.3 Å². The van der Waals surface area contributed by atoms with Gasteiger partial charge in [0.15, 0.2) is 6.61 Å². The highest BCUT2D eigenvalue weighted by atomic mass is 19.1. The molecule has 5 heteroatoms. The molecule has 0 unspecified atom stereocenters. The molecule has 4 bridgehead atoms. The Morgan fingerprint density at radius 1 is 1.12 bits per heavy atom. The van der Waals surface area contributed by atoms with Crippen LogP contribution in [0.3, 0.4) is 0 Å². The number of nitrogens with one attached hydrogen (secondary N) is 1. The number of hydrogen-bond acceptors (Lipinski definition) is 3. The van der Waals surface area contributed by atoms with Crippen LogP contribution < -0.4 is 5.32 Å². The lowest BCUT2D eigenvalue weighted by atomic mass is 9.48. The maximum Gasteiger partial charge on any atom is 0.338 e. The first kappa shape index (κ1) is 17.5. The van der Waals surface area contributed by atoms with E-state index in [9.17, 15) is 14.0 Å². The Hall–Kier alpha value is -1.91. The minimum Gasteiger partial charge on any atom is -0.452 e. The van der Waals surface area contributed by atoms with E-state index in [1.807, 2.05) is 0 Å². The van der Waals surface area contributed by atoms with Gasteiger partial charge in [0, 0.05) is 6.04 Å². The first-order valence-electron chi connectivity index (χ1n) is 9.65. The van der Waals surface area contributed by atoms with Gasteiger partial charge in [0.1, 0.15) is 5.82 Å². The van der Waals surface area contributed by atoms with Crippen molar-refractivity contribution in [1.29, 1.82) is 0 Å². The molecule has 1 atom stereocenters.